The van der Waals surface area contributed by atoms with Crippen LogP contribution in [0.5, 0.6) is 5.75 Å². The van der Waals surface area contributed by atoms with Gasteiger partial charge in [0.25, 0.3) is 5.91 Å². The molecule has 0 unspecified atom stereocenters. The Morgan fingerprint density at radius 1 is 1.00 bits per heavy atom. The highest BCUT2D eigenvalue weighted by Crippen LogP contribution is 2.25. The van der Waals surface area contributed by atoms with Crippen molar-refractivity contribution in [3.63, 3.8) is 0 Å². The number of rotatable bonds is 8. The highest BCUT2D eigenvalue weighted by atomic mass is 16.5. The summed E-state index contributed by atoms with van der Waals surface area (Å²) in [6, 6.07) is 11.8. The molecular weight excluding hydrogens is 398 g/mol. The molecule has 31 heavy (non-hydrogen) atoms. The molecule has 2 aromatic rings. The maximum Gasteiger partial charge on any atom is 0.338 e. The Balaban J connectivity index is 1.91. The first-order valence-corrected chi connectivity index (χ1v) is 9.99. The van der Waals surface area contributed by atoms with Crippen molar-refractivity contribution in [1.29, 1.82) is 0 Å². The minimum atomic E-state index is -1.00. The third-order valence-electron chi connectivity index (χ3n) is 4.33. The maximum atomic E-state index is 12.4. The van der Waals surface area contributed by atoms with Gasteiger partial charge in [0, 0.05) is 12.6 Å². The monoisotopic (exact) mass is 427 g/mol. The second-order valence-electron chi connectivity index (χ2n) is 7.42. The van der Waals surface area contributed by atoms with Crippen molar-refractivity contribution < 1.29 is 23.9 Å². The molecule has 0 aromatic heterocycles. The topological polar surface area (TPSA) is 106 Å². The van der Waals surface area contributed by atoms with E-state index in [4.69, 9.17) is 9.47 Å². The molecule has 8 nitrogen and oxygen atoms in total. The van der Waals surface area contributed by atoms with E-state index in [1.54, 1.807) is 36.4 Å². The Morgan fingerprint density at radius 2 is 1.68 bits per heavy atom. The first-order valence-electron chi connectivity index (χ1n) is 9.99. The molecule has 0 aliphatic carbocycles. The van der Waals surface area contributed by atoms with Gasteiger partial charge in [-0.25, -0.2) is 9.59 Å². The number of hydrogen-bond donors (Lipinski definition) is 3. The molecule has 166 valence electrons. The van der Waals surface area contributed by atoms with Crippen LogP contribution in [0, 0.1) is 6.92 Å². The number of carbonyl (C=O) groups is 3. The lowest BCUT2D eigenvalue weighted by Gasteiger charge is -2.16. The summed E-state index contributed by atoms with van der Waals surface area (Å²) in [5, 5.41) is 8.19. The van der Waals surface area contributed by atoms with Crippen molar-refractivity contribution in [2.75, 3.05) is 12.4 Å². The van der Waals surface area contributed by atoms with E-state index in [1.165, 1.54) is 14.0 Å². The SMILES string of the molecule is COc1ccc(C)cc1NC(=O)[C@H](C)OC(=O)c1ccc(CNC(=O)NC(C)C)cc1. The molecular formula is C23H29N3O5. The normalized spacial score (nSPS) is 11.4. The van der Waals surface area contributed by atoms with Gasteiger partial charge in [0.2, 0.25) is 0 Å². The van der Waals surface area contributed by atoms with Crippen LogP contribution in [0.3, 0.4) is 0 Å². The van der Waals surface area contributed by atoms with E-state index in [0.29, 0.717) is 23.5 Å². The van der Waals surface area contributed by atoms with Gasteiger partial charge < -0.3 is 25.4 Å². The van der Waals surface area contributed by atoms with Crippen LogP contribution in [0.1, 0.15) is 42.3 Å². The van der Waals surface area contributed by atoms with Gasteiger partial charge >= 0.3 is 12.0 Å². The van der Waals surface area contributed by atoms with Crippen molar-refractivity contribution in [3.8, 4) is 5.75 Å². The molecule has 0 saturated carbocycles. The molecule has 0 heterocycles. The molecule has 3 amide bonds. The Hall–Kier alpha value is -3.55. The van der Waals surface area contributed by atoms with Gasteiger partial charge in [-0.2, -0.15) is 0 Å². The number of nitrogens with one attached hydrogen (secondary N) is 3. The first kappa shape index (κ1) is 23.7. The zero-order valence-electron chi connectivity index (χ0n) is 18.4. The van der Waals surface area contributed by atoms with Crippen LogP contribution in [0.15, 0.2) is 42.5 Å². The minimum Gasteiger partial charge on any atom is -0.495 e. The van der Waals surface area contributed by atoms with Crippen LogP contribution < -0.4 is 20.7 Å². The summed E-state index contributed by atoms with van der Waals surface area (Å²) in [6.45, 7) is 7.47. The number of carbonyl (C=O) groups excluding carboxylic acids is 3. The first-order chi connectivity index (χ1) is 14.7. The molecule has 2 rings (SSSR count). The summed E-state index contributed by atoms with van der Waals surface area (Å²) in [5.74, 6) is -0.561. The third kappa shape index (κ3) is 7.33. The second kappa shape index (κ2) is 11.0. The van der Waals surface area contributed by atoms with Gasteiger partial charge in [-0.1, -0.05) is 18.2 Å². The number of aryl methyl sites for hydroxylation is 1. The van der Waals surface area contributed by atoms with Crippen molar-refractivity contribution >= 4 is 23.6 Å². The van der Waals surface area contributed by atoms with Gasteiger partial charge in [-0.3, -0.25) is 4.79 Å². The molecule has 1 atom stereocenters. The van der Waals surface area contributed by atoms with E-state index in [-0.39, 0.29) is 12.1 Å². The maximum absolute atomic E-state index is 12.4. The summed E-state index contributed by atoms with van der Waals surface area (Å²) in [6.07, 6.45) is -1.00. The molecule has 2 aromatic carbocycles. The molecule has 0 aliphatic rings. The van der Waals surface area contributed by atoms with E-state index < -0.39 is 18.0 Å². The lowest BCUT2D eigenvalue weighted by Crippen LogP contribution is -2.39. The average Bonchev–Trinajstić information content (AvgIpc) is 2.72. The van der Waals surface area contributed by atoms with E-state index >= 15 is 0 Å². The highest BCUT2D eigenvalue weighted by molar-refractivity contribution is 5.98. The van der Waals surface area contributed by atoms with Crippen LogP contribution in [-0.4, -0.2) is 37.2 Å². The number of esters is 1. The number of methoxy groups -OCH3 is 1. The molecule has 0 spiro atoms. The molecule has 8 heteroatoms. The summed E-state index contributed by atoms with van der Waals surface area (Å²) in [4.78, 5) is 36.5. The van der Waals surface area contributed by atoms with Crippen molar-refractivity contribution in [1.82, 2.24) is 10.6 Å². The Labute approximate surface area is 182 Å². The fourth-order valence-electron chi connectivity index (χ4n) is 2.69. The fourth-order valence-corrected chi connectivity index (χ4v) is 2.69. The van der Waals surface area contributed by atoms with Gasteiger partial charge in [0.15, 0.2) is 6.10 Å². The molecule has 0 saturated heterocycles. The number of benzene rings is 2. The van der Waals surface area contributed by atoms with Crippen molar-refractivity contribution in [2.24, 2.45) is 0 Å². The van der Waals surface area contributed by atoms with E-state index in [9.17, 15) is 14.4 Å². The van der Waals surface area contributed by atoms with Gasteiger partial charge in [0.1, 0.15) is 5.75 Å². The van der Waals surface area contributed by atoms with Gasteiger partial charge in [-0.05, 0) is 63.1 Å². The van der Waals surface area contributed by atoms with Crippen molar-refractivity contribution in [2.45, 2.75) is 46.4 Å². The Kier molecular flexibility index (Phi) is 8.43. The average molecular weight is 428 g/mol. The number of hydrogen-bond acceptors (Lipinski definition) is 5. The van der Waals surface area contributed by atoms with Crippen LogP contribution in [0.4, 0.5) is 10.5 Å². The fraction of sp³-hybridized carbons (Fsp3) is 0.348. The number of anilines is 1. The molecule has 0 aliphatic heterocycles. The van der Waals surface area contributed by atoms with Crippen LogP contribution in [0.25, 0.3) is 0 Å². The van der Waals surface area contributed by atoms with Crippen LogP contribution in [-0.2, 0) is 16.1 Å². The van der Waals surface area contributed by atoms with E-state index in [2.05, 4.69) is 16.0 Å². The molecule has 3 N–H and O–H groups in total. The molecule has 0 fully saturated rings. The predicted octanol–water partition coefficient (Wildman–Crippen LogP) is 3.40. The summed E-state index contributed by atoms with van der Waals surface area (Å²) >= 11 is 0. The highest BCUT2D eigenvalue weighted by Gasteiger charge is 2.20. The zero-order valence-corrected chi connectivity index (χ0v) is 18.4. The lowest BCUT2D eigenvalue weighted by atomic mass is 10.1. The molecule has 0 bridgehead atoms. The van der Waals surface area contributed by atoms with E-state index in [1.807, 2.05) is 26.8 Å². The zero-order chi connectivity index (χ0) is 23.0. The van der Waals surface area contributed by atoms with E-state index in [0.717, 1.165) is 11.1 Å². The van der Waals surface area contributed by atoms with Crippen LogP contribution in [0.2, 0.25) is 0 Å². The van der Waals surface area contributed by atoms with Crippen molar-refractivity contribution in [3.05, 3.63) is 59.2 Å². The smallest absolute Gasteiger partial charge is 0.338 e. The number of urea groups is 1. The second-order valence-corrected chi connectivity index (χ2v) is 7.42. The molecule has 0 radical (unpaired) electrons. The summed E-state index contributed by atoms with van der Waals surface area (Å²) in [7, 11) is 1.51. The van der Waals surface area contributed by atoms with Gasteiger partial charge in [-0.15, -0.1) is 0 Å². The standard InChI is InChI=1S/C23H29N3O5/c1-14(2)25-23(29)24-13-17-7-9-18(10-8-17)22(28)31-16(4)21(27)26-19-12-15(3)6-11-20(19)30-5/h6-12,14,16H,13H2,1-5H3,(H,26,27)(H2,24,25,29)/t16-/m0/s1. The Morgan fingerprint density at radius 3 is 2.29 bits per heavy atom. The predicted molar refractivity (Wildman–Crippen MR) is 118 cm³/mol. The largest absolute Gasteiger partial charge is 0.495 e. The minimum absolute atomic E-state index is 0.0448. The third-order valence-corrected chi connectivity index (χ3v) is 4.33. The summed E-state index contributed by atoms with van der Waals surface area (Å²) < 4.78 is 10.5. The summed E-state index contributed by atoms with van der Waals surface area (Å²) in [5.41, 5.74) is 2.60. The van der Waals surface area contributed by atoms with Gasteiger partial charge in [0.05, 0.1) is 18.4 Å². The van der Waals surface area contributed by atoms with Crippen LogP contribution >= 0.6 is 0 Å². The lowest BCUT2D eigenvalue weighted by molar-refractivity contribution is -0.123. The Bertz CT molecular complexity index is 925. The quantitative estimate of drug-likeness (QED) is 0.560. The number of ether oxygens (including phenoxy) is 2. The number of amides is 3.